The Labute approximate surface area is 148 Å². The van der Waals surface area contributed by atoms with Gasteiger partial charge in [-0.1, -0.05) is 0 Å². The number of pyridine rings is 1. The van der Waals surface area contributed by atoms with E-state index in [1.165, 1.54) is 6.21 Å². The predicted octanol–water partition coefficient (Wildman–Crippen LogP) is 0.823. The molecular weight excluding hydrogens is 320 g/mol. The third-order valence-corrected chi connectivity index (χ3v) is 4.44. The molecule has 3 rings (SSSR count). The molecule has 2 amide bonds. The molecule has 0 unspecified atom stereocenters. The Morgan fingerprint density at radius 1 is 1.36 bits per heavy atom. The standard InChI is InChI=1S/C17H26N6O2/c1-17(2,12-18)21-16(24)23-8-6-22(7-9-23)14-4-3-13-11-19-5-10-25-15(13)20-14/h3-4,12,18-19H,5-11H2,1-2H3,(H,21,24). The van der Waals surface area contributed by atoms with E-state index in [0.29, 0.717) is 25.6 Å². The molecule has 0 spiro atoms. The summed E-state index contributed by atoms with van der Waals surface area (Å²) in [7, 11) is 0. The largest absolute Gasteiger partial charge is 0.476 e. The molecule has 8 heteroatoms. The highest BCUT2D eigenvalue weighted by Gasteiger charge is 2.26. The Balaban J connectivity index is 1.60. The molecule has 25 heavy (non-hydrogen) atoms. The predicted molar refractivity (Wildman–Crippen MR) is 96.6 cm³/mol. The van der Waals surface area contributed by atoms with Crippen molar-refractivity contribution in [3.63, 3.8) is 0 Å². The number of hydrogen-bond donors (Lipinski definition) is 3. The molecule has 0 saturated carbocycles. The van der Waals surface area contributed by atoms with Crippen LogP contribution in [0.1, 0.15) is 19.4 Å². The molecule has 0 aliphatic carbocycles. The van der Waals surface area contributed by atoms with Crippen molar-refractivity contribution in [3.8, 4) is 5.88 Å². The zero-order valence-corrected chi connectivity index (χ0v) is 14.8. The lowest BCUT2D eigenvalue weighted by Gasteiger charge is -2.36. The number of urea groups is 1. The van der Waals surface area contributed by atoms with E-state index in [-0.39, 0.29) is 6.03 Å². The molecule has 136 valence electrons. The second-order valence-corrected chi connectivity index (χ2v) is 6.93. The van der Waals surface area contributed by atoms with Gasteiger partial charge in [-0.2, -0.15) is 4.98 Å². The fourth-order valence-electron chi connectivity index (χ4n) is 2.87. The van der Waals surface area contributed by atoms with Crippen molar-refractivity contribution >= 4 is 18.1 Å². The smallest absolute Gasteiger partial charge is 0.318 e. The minimum absolute atomic E-state index is 0.127. The van der Waals surface area contributed by atoms with Crippen LogP contribution in [0.3, 0.4) is 0 Å². The average Bonchev–Trinajstić information content (AvgIpc) is 2.86. The highest BCUT2D eigenvalue weighted by Crippen LogP contribution is 2.23. The highest BCUT2D eigenvalue weighted by molar-refractivity contribution is 5.80. The third-order valence-electron chi connectivity index (χ3n) is 4.44. The molecule has 1 aromatic rings. The zero-order chi connectivity index (χ0) is 17.9. The van der Waals surface area contributed by atoms with E-state index in [2.05, 4.69) is 26.6 Å². The van der Waals surface area contributed by atoms with Crippen molar-refractivity contribution in [1.29, 1.82) is 5.41 Å². The molecular formula is C17H26N6O2. The van der Waals surface area contributed by atoms with E-state index < -0.39 is 5.54 Å². The van der Waals surface area contributed by atoms with Crippen LogP contribution in [0.25, 0.3) is 0 Å². The molecule has 1 saturated heterocycles. The van der Waals surface area contributed by atoms with Crippen LogP contribution in [-0.4, -0.2) is 67.0 Å². The maximum absolute atomic E-state index is 12.3. The Kier molecular flexibility index (Phi) is 5.08. The molecule has 0 atom stereocenters. The Morgan fingerprint density at radius 3 is 2.84 bits per heavy atom. The SMILES string of the molecule is CC(C)(C=N)NC(=O)N1CCN(c2ccc3c(n2)OCCNC3)CC1. The van der Waals surface area contributed by atoms with Crippen molar-refractivity contribution in [1.82, 2.24) is 20.5 Å². The number of rotatable bonds is 3. The minimum atomic E-state index is -0.627. The third kappa shape index (κ3) is 4.19. The van der Waals surface area contributed by atoms with Crippen molar-refractivity contribution in [3.05, 3.63) is 17.7 Å². The van der Waals surface area contributed by atoms with Crippen LogP contribution in [-0.2, 0) is 6.54 Å². The summed E-state index contributed by atoms with van der Waals surface area (Å²) in [5.41, 5.74) is 0.450. The van der Waals surface area contributed by atoms with Crippen molar-refractivity contribution in [2.24, 2.45) is 0 Å². The van der Waals surface area contributed by atoms with Gasteiger partial charge < -0.3 is 30.6 Å². The summed E-state index contributed by atoms with van der Waals surface area (Å²) in [5.74, 6) is 1.59. The number of fused-ring (bicyclic) bond motifs is 1. The van der Waals surface area contributed by atoms with E-state index in [0.717, 1.165) is 37.6 Å². The summed E-state index contributed by atoms with van der Waals surface area (Å²) < 4.78 is 5.71. The molecule has 0 bridgehead atoms. The van der Waals surface area contributed by atoms with Gasteiger partial charge in [0.15, 0.2) is 0 Å². The number of piperazine rings is 1. The maximum Gasteiger partial charge on any atom is 0.318 e. The van der Waals surface area contributed by atoms with Crippen molar-refractivity contribution in [2.45, 2.75) is 25.9 Å². The fourth-order valence-corrected chi connectivity index (χ4v) is 2.87. The van der Waals surface area contributed by atoms with Crippen molar-refractivity contribution in [2.75, 3.05) is 44.2 Å². The van der Waals surface area contributed by atoms with Crippen LogP contribution in [0.2, 0.25) is 0 Å². The van der Waals surface area contributed by atoms with Crippen LogP contribution in [0.4, 0.5) is 10.6 Å². The first-order chi connectivity index (χ1) is 12.0. The van der Waals surface area contributed by atoms with Gasteiger partial charge in [-0.05, 0) is 26.0 Å². The lowest BCUT2D eigenvalue weighted by molar-refractivity contribution is 0.189. The van der Waals surface area contributed by atoms with E-state index in [9.17, 15) is 4.79 Å². The van der Waals surface area contributed by atoms with Gasteiger partial charge in [0.2, 0.25) is 5.88 Å². The molecule has 3 N–H and O–H groups in total. The first-order valence-electron chi connectivity index (χ1n) is 8.65. The minimum Gasteiger partial charge on any atom is -0.476 e. The number of amides is 2. The molecule has 8 nitrogen and oxygen atoms in total. The van der Waals surface area contributed by atoms with Gasteiger partial charge >= 0.3 is 6.03 Å². The monoisotopic (exact) mass is 346 g/mol. The van der Waals surface area contributed by atoms with Crippen molar-refractivity contribution < 1.29 is 9.53 Å². The number of anilines is 1. The van der Waals surface area contributed by atoms with E-state index in [1.54, 1.807) is 4.90 Å². The summed E-state index contributed by atoms with van der Waals surface area (Å²) in [6.07, 6.45) is 1.25. The van der Waals surface area contributed by atoms with Gasteiger partial charge in [0.25, 0.3) is 0 Å². The van der Waals surface area contributed by atoms with Crippen LogP contribution >= 0.6 is 0 Å². The van der Waals surface area contributed by atoms with Crippen LogP contribution in [0.15, 0.2) is 12.1 Å². The van der Waals surface area contributed by atoms with Gasteiger partial charge in [0.05, 0.1) is 5.54 Å². The normalized spacial score (nSPS) is 18.0. The summed E-state index contributed by atoms with van der Waals surface area (Å²) in [5, 5.41) is 13.5. The van der Waals surface area contributed by atoms with E-state index in [4.69, 9.17) is 10.1 Å². The summed E-state index contributed by atoms with van der Waals surface area (Å²) in [4.78, 5) is 20.9. The van der Waals surface area contributed by atoms with Gasteiger partial charge in [0.1, 0.15) is 12.4 Å². The number of aromatic nitrogens is 1. The highest BCUT2D eigenvalue weighted by atomic mass is 16.5. The van der Waals surface area contributed by atoms with Crippen LogP contribution in [0, 0.1) is 5.41 Å². The lowest BCUT2D eigenvalue weighted by Crippen LogP contribution is -2.56. The first-order valence-corrected chi connectivity index (χ1v) is 8.65. The van der Waals surface area contributed by atoms with Gasteiger partial charge in [-0.3, -0.25) is 0 Å². The van der Waals surface area contributed by atoms with Gasteiger partial charge in [0, 0.05) is 51.0 Å². The maximum atomic E-state index is 12.3. The number of ether oxygens (including phenoxy) is 1. The van der Waals surface area contributed by atoms with Crippen LogP contribution in [0.5, 0.6) is 5.88 Å². The zero-order valence-electron chi connectivity index (χ0n) is 14.8. The molecule has 1 aromatic heterocycles. The van der Waals surface area contributed by atoms with Gasteiger partial charge in [-0.25, -0.2) is 4.79 Å². The number of carbonyl (C=O) groups excluding carboxylic acids is 1. The topological polar surface area (TPSA) is 93.6 Å². The van der Waals surface area contributed by atoms with Crippen LogP contribution < -0.4 is 20.3 Å². The Morgan fingerprint density at radius 2 is 2.12 bits per heavy atom. The molecule has 2 aliphatic rings. The quantitative estimate of drug-likeness (QED) is 0.705. The summed E-state index contributed by atoms with van der Waals surface area (Å²) in [6, 6.07) is 3.95. The van der Waals surface area contributed by atoms with E-state index >= 15 is 0 Å². The molecule has 0 aromatic carbocycles. The number of carbonyl (C=O) groups is 1. The second-order valence-electron chi connectivity index (χ2n) is 6.93. The number of nitrogens with one attached hydrogen (secondary N) is 3. The molecule has 2 aliphatic heterocycles. The summed E-state index contributed by atoms with van der Waals surface area (Å²) >= 11 is 0. The summed E-state index contributed by atoms with van der Waals surface area (Å²) in [6.45, 7) is 8.55. The van der Waals surface area contributed by atoms with Gasteiger partial charge in [-0.15, -0.1) is 0 Å². The van der Waals surface area contributed by atoms with E-state index in [1.807, 2.05) is 19.9 Å². The molecule has 0 radical (unpaired) electrons. The fraction of sp³-hybridized carbons (Fsp3) is 0.588. The second kappa shape index (κ2) is 7.26. The Hall–Kier alpha value is -2.35. The Bertz CT molecular complexity index is 640. The molecule has 3 heterocycles. The lowest BCUT2D eigenvalue weighted by atomic mass is 10.1. The molecule has 1 fully saturated rings. The first kappa shape index (κ1) is 17.5. The average molecular weight is 346 g/mol. The number of nitrogens with zero attached hydrogens (tertiary/aromatic N) is 3. The number of hydrogen-bond acceptors (Lipinski definition) is 6.